The van der Waals surface area contributed by atoms with Crippen molar-refractivity contribution in [1.82, 2.24) is 24.9 Å². The standard InChI is InChI=1S/C33H39ClN8O/c1-33(2,3)41-13-11-26(12-14-41)42-20-29(39-40-42)31(22-8-5-4-6-9-22)38-25-16-27-30(37-24-10-7-15-43-21-24)23(18-35)19-36-32(27)28(34)17-25/h4-6,8-9,16-17,19-20,24,26,31,38H,7,10-15,21H2,1-3H3,(H,36,37)/t24-,31-/m0/s1. The Morgan fingerprint density at radius 1 is 1.12 bits per heavy atom. The van der Waals surface area contributed by atoms with Crippen LogP contribution >= 0.6 is 11.6 Å². The van der Waals surface area contributed by atoms with E-state index in [-0.39, 0.29) is 17.6 Å². The molecule has 0 spiro atoms. The van der Waals surface area contributed by atoms with E-state index in [9.17, 15) is 5.26 Å². The maximum atomic E-state index is 9.92. The van der Waals surface area contributed by atoms with Crippen LogP contribution in [-0.4, -0.2) is 62.8 Å². The number of rotatable bonds is 7. The van der Waals surface area contributed by atoms with Crippen LogP contribution in [0.15, 0.2) is 54.9 Å². The van der Waals surface area contributed by atoms with E-state index in [0.717, 1.165) is 73.4 Å². The third kappa shape index (κ3) is 6.47. The predicted octanol–water partition coefficient (Wildman–Crippen LogP) is 6.58. The van der Waals surface area contributed by atoms with Gasteiger partial charge in [0.15, 0.2) is 0 Å². The van der Waals surface area contributed by atoms with Crippen LogP contribution in [0.25, 0.3) is 10.9 Å². The average Bonchev–Trinajstić information content (AvgIpc) is 3.51. The zero-order chi connectivity index (χ0) is 30.0. The number of fused-ring (bicyclic) bond motifs is 1. The number of hydrogen-bond donors (Lipinski definition) is 2. The fourth-order valence-corrected chi connectivity index (χ4v) is 6.45. The molecule has 0 saturated carbocycles. The quantitative estimate of drug-likeness (QED) is 0.246. The van der Waals surface area contributed by atoms with Gasteiger partial charge in [0.1, 0.15) is 11.8 Å². The van der Waals surface area contributed by atoms with Crippen molar-refractivity contribution in [2.45, 2.75) is 70.1 Å². The third-order valence-electron chi connectivity index (χ3n) is 8.61. The van der Waals surface area contributed by atoms with Crippen LogP contribution in [0.5, 0.6) is 0 Å². The summed E-state index contributed by atoms with van der Waals surface area (Å²) < 4.78 is 7.73. The van der Waals surface area contributed by atoms with Gasteiger partial charge in [0.05, 0.1) is 46.7 Å². The van der Waals surface area contributed by atoms with Gasteiger partial charge < -0.3 is 15.4 Å². The molecule has 2 aromatic carbocycles. The second-order valence-electron chi connectivity index (χ2n) is 12.6. The number of ether oxygens (including phenoxy) is 1. The van der Waals surface area contributed by atoms with Crippen molar-refractivity contribution in [2.24, 2.45) is 0 Å². The molecule has 2 aromatic heterocycles. The number of nitriles is 1. The number of pyridine rings is 1. The Morgan fingerprint density at radius 2 is 1.91 bits per heavy atom. The molecule has 9 nitrogen and oxygen atoms in total. The van der Waals surface area contributed by atoms with Gasteiger partial charge >= 0.3 is 0 Å². The monoisotopic (exact) mass is 598 g/mol. The lowest BCUT2D eigenvalue weighted by Gasteiger charge is -2.40. The molecule has 2 atom stereocenters. The summed E-state index contributed by atoms with van der Waals surface area (Å²) >= 11 is 6.82. The molecular weight excluding hydrogens is 560 g/mol. The van der Waals surface area contributed by atoms with Crippen LogP contribution in [0.4, 0.5) is 11.4 Å². The predicted molar refractivity (Wildman–Crippen MR) is 170 cm³/mol. The largest absolute Gasteiger partial charge is 0.379 e. The van der Waals surface area contributed by atoms with E-state index in [0.29, 0.717) is 28.8 Å². The highest BCUT2D eigenvalue weighted by molar-refractivity contribution is 6.35. The van der Waals surface area contributed by atoms with Crippen LogP contribution in [-0.2, 0) is 4.74 Å². The van der Waals surface area contributed by atoms with Crippen molar-refractivity contribution in [3.63, 3.8) is 0 Å². The van der Waals surface area contributed by atoms with E-state index >= 15 is 0 Å². The summed E-state index contributed by atoms with van der Waals surface area (Å²) in [5, 5.41) is 27.7. The first kappa shape index (κ1) is 29.4. The minimum absolute atomic E-state index is 0.115. The first-order valence-corrected chi connectivity index (χ1v) is 15.5. The van der Waals surface area contributed by atoms with E-state index in [2.05, 4.69) is 76.0 Å². The number of aromatic nitrogens is 4. The Balaban J connectivity index is 1.32. The molecular formula is C33H39ClN8O. The normalized spacial score (nSPS) is 19.2. The van der Waals surface area contributed by atoms with Crippen LogP contribution in [0.2, 0.25) is 5.02 Å². The number of halogens is 1. The lowest BCUT2D eigenvalue weighted by Crippen LogP contribution is -2.46. The zero-order valence-electron chi connectivity index (χ0n) is 25.1. The van der Waals surface area contributed by atoms with Gasteiger partial charge in [-0.15, -0.1) is 5.10 Å². The number of anilines is 2. The fourth-order valence-electron chi connectivity index (χ4n) is 6.18. The number of likely N-dealkylation sites (tertiary alicyclic amines) is 1. The highest BCUT2D eigenvalue weighted by Gasteiger charge is 2.29. The third-order valence-corrected chi connectivity index (χ3v) is 8.90. The second-order valence-corrected chi connectivity index (χ2v) is 13.0. The van der Waals surface area contributed by atoms with Crippen LogP contribution in [0.1, 0.15) is 75.4 Å². The number of hydrogen-bond acceptors (Lipinski definition) is 8. The number of piperidine rings is 1. The van der Waals surface area contributed by atoms with Crippen molar-refractivity contribution >= 4 is 33.9 Å². The molecule has 0 aliphatic carbocycles. The molecule has 2 N–H and O–H groups in total. The maximum absolute atomic E-state index is 9.92. The molecule has 2 aliphatic rings. The number of nitrogens with one attached hydrogen (secondary N) is 2. The van der Waals surface area contributed by atoms with Gasteiger partial charge in [-0.2, -0.15) is 5.26 Å². The van der Waals surface area contributed by atoms with E-state index in [4.69, 9.17) is 16.3 Å². The fraction of sp³-hybridized carbons (Fsp3) is 0.455. The van der Waals surface area contributed by atoms with Gasteiger partial charge in [0.25, 0.3) is 0 Å². The second kappa shape index (κ2) is 12.5. The molecule has 224 valence electrons. The van der Waals surface area contributed by atoms with Gasteiger partial charge in [-0.3, -0.25) is 9.88 Å². The SMILES string of the molecule is CC(C)(C)N1CCC(n2cc([C@@H](Nc3cc(Cl)c4ncc(C#N)c(N[C@H]5CCCOC5)c4c3)c3ccccc3)nn2)CC1. The molecule has 6 rings (SSSR count). The Kier molecular flexibility index (Phi) is 8.53. The smallest absolute Gasteiger partial charge is 0.109 e. The summed E-state index contributed by atoms with van der Waals surface area (Å²) in [7, 11) is 0. The molecule has 2 aliphatic heterocycles. The van der Waals surface area contributed by atoms with Gasteiger partial charge in [0.2, 0.25) is 0 Å². The maximum Gasteiger partial charge on any atom is 0.109 e. The molecule has 0 radical (unpaired) electrons. The Labute approximate surface area is 258 Å². The zero-order valence-corrected chi connectivity index (χ0v) is 25.8. The van der Waals surface area contributed by atoms with Crippen LogP contribution in [0.3, 0.4) is 0 Å². The molecule has 2 fully saturated rings. The Morgan fingerprint density at radius 3 is 2.60 bits per heavy atom. The van der Waals surface area contributed by atoms with Crippen molar-refractivity contribution in [3.8, 4) is 6.07 Å². The van der Waals surface area contributed by atoms with Gasteiger partial charge in [-0.1, -0.05) is 47.1 Å². The van der Waals surface area contributed by atoms with E-state index in [1.165, 1.54) is 0 Å². The molecule has 4 aromatic rings. The molecule has 0 bridgehead atoms. The lowest BCUT2D eigenvalue weighted by molar-refractivity contribution is 0.0866. The summed E-state index contributed by atoms with van der Waals surface area (Å²) in [5.74, 6) is 0. The lowest BCUT2D eigenvalue weighted by atomic mass is 9.98. The van der Waals surface area contributed by atoms with Crippen LogP contribution in [0, 0.1) is 11.3 Å². The van der Waals surface area contributed by atoms with Gasteiger partial charge in [-0.25, -0.2) is 4.68 Å². The topological polar surface area (TPSA) is 104 Å². The van der Waals surface area contributed by atoms with Crippen molar-refractivity contribution < 1.29 is 4.74 Å². The highest BCUT2D eigenvalue weighted by Crippen LogP contribution is 2.36. The first-order valence-electron chi connectivity index (χ1n) is 15.1. The van der Waals surface area contributed by atoms with E-state index in [1.54, 1.807) is 6.20 Å². The first-order chi connectivity index (χ1) is 20.8. The Bertz CT molecular complexity index is 1600. The minimum atomic E-state index is -0.256. The minimum Gasteiger partial charge on any atom is -0.379 e. The van der Waals surface area contributed by atoms with Gasteiger partial charge in [-0.05, 0) is 64.2 Å². The summed E-state index contributed by atoms with van der Waals surface area (Å²) in [4.78, 5) is 7.07. The molecule has 0 amide bonds. The number of nitrogens with zero attached hydrogens (tertiary/aromatic N) is 6. The summed E-state index contributed by atoms with van der Waals surface area (Å²) in [6.45, 7) is 10.3. The van der Waals surface area contributed by atoms with E-state index < -0.39 is 0 Å². The highest BCUT2D eigenvalue weighted by atomic mass is 35.5. The summed E-state index contributed by atoms with van der Waals surface area (Å²) in [5.41, 5.74) is 4.74. The van der Waals surface area contributed by atoms with Crippen molar-refractivity contribution in [2.75, 3.05) is 36.9 Å². The Hall–Kier alpha value is -3.71. The molecule has 10 heteroatoms. The summed E-state index contributed by atoms with van der Waals surface area (Å²) in [6.07, 6.45) is 7.70. The number of benzene rings is 2. The van der Waals surface area contributed by atoms with Crippen molar-refractivity contribution in [1.29, 1.82) is 5.26 Å². The van der Waals surface area contributed by atoms with Crippen LogP contribution < -0.4 is 10.6 Å². The molecule has 0 unspecified atom stereocenters. The average molecular weight is 599 g/mol. The molecule has 43 heavy (non-hydrogen) atoms. The molecule has 4 heterocycles. The molecule has 2 saturated heterocycles. The van der Waals surface area contributed by atoms with Gasteiger partial charge in [0, 0.05) is 48.5 Å². The summed E-state index contributed by atoms with van der Waals surface area (Å²) in [6, 6.07) is 16.6. The van der Waals surface area contributed by atoms with Crippen molar-refractivity contribution in [3.05, 3.63) is 76.7 Å². The van der Waals surface area contributed by atoms with E-state index in [1.807, 2.05) is 35.0 Å².